The second kappa shape index (κ2) is 10.1. The summed E-state index contributed by atoms with van der Waals surface area (Å²) >= 11 is 0. The number of fused-ring (bicyclic) bond motifs is 2. The number of nitrogens with one attached hydrogen (secondary N) is 1. The van der Waals surface area contributed by atoms with Crippen molar-refractivity contribution in [3.63, 3.8) is 0 Å². The number of anilines is 2. The van der Waals surface area contributed by atoms with Crippen molar-refractivity contribution < 1.29 is 9.47 Å². The molecule has 1 N–H and O–H groups in total. The number of rotatable bonds is 7. The van der Waals surface area contributed by atoms with Crippen LogP contribution in [0.2, 0.25) is 0 Å². The van der Waals surface area contributed by atoms with E-state index >= 15 is 0 Å². The molecule has 2 aliphatic heterocycles. The van der Waals surface area contributed by atoms with Gasteiger partial charge in [-0.3, -0.25) is 9.98 Å². The van der Waals surface area contributed by atoms with E-state index in [1.54, 1.807) is 12.4 Å². The summed E-state index contributed by atoms with van der Waals surface area (Å²) < 4.78 is 12.6. The van der Waals surface area contributed by atoms with Crippen LogP contribution in [0.3, 0.4) is 0 Å². The molecule has 2 aromatic rings. The summed E-state index contributed by atoms with van der Waals surface area (Å²) in [7, 11) is 0. The van der Waals surface area contributed by atoms with Gasteiger partial charge in [0.2, 0.25) is 0 Å². The molecule has 8 heteroatoms. The lowest BCUT2D eigenvalue weighted by Crippen LogP contribution is -2.42. The molecule has 34 heavy (non-hydrogen) atoms. The maximum Gasteiger partial charge on any atom is 0.149 e. The van der Waals surface area contributed by atoms with Gasteiger partial charge in [0.25, 0.3) is 0 Å². The van der Waals surface area contributed by atoms with Crippen molar-refractivity contribution in [1.82, 2.24) is 9.97 Å². The molecule has 0 spiro atoms. The number of nitrogens with zero attached hydrogens (tertiary/aromatic N) is 5. The normalized spacial score (nSPS) is 26.6. The predicted octanol–water partition coefficient (Wildman–Crippen LogP) is 5.01. The van der Waals surface area contributed by atoms with E-state index in [9.17, 15) is 0 Å². The molecule has 5 rings (SSSR count). The highest BCUT2D eigenvalue weighted by Crippen LogP contribution is 2.44. The Morgan fingerprint density at radius 2 is 1.91 bits per heavy atom. The fourth-order valence-electron chi connectivity index (χ4n) is 5.32. The highest BCUT2D eigenvalue weighted by atomic mass is 16.5. The van der Waals surface area contributed by atoms with Crippen LogP contribution >= 0.6 is 0 Å². The summed E-state index contributed by atoms with van der Waals surface area (Å²) in [6.45, 7) is 9.46. The topological polar surface area (TPSA) is 84.2 Å². The first kappa shape index (κ1) is 22.8. The van der Waals surface area contributed by atoms with Gasteiger partial charge in [-0.2, -0.15) is 0 Å². The average molecular weight is 463 g/mol. The molecule has 2 unspecified atom stereocenters. The van der Waals surface area contributed by atoms with Gasteiger partial charge in [0.1, 0.15) is 23.1 Å². The first-order valence-corrected chi connectivity index (χ1v) is 12.4. The van der Waals surface area contributed by atoms with Crippen LogP contribution in [0.5, 0.6) is 5.75 Å². The number of aryl methyl sites for hydroxylation is 1. The third kappa shape index (κ3) is 5.06. The van der Waals surface area contributed by atoms with E-state index in [1.165, 1.54) is 0 Å². The van der Waals surface area contributed by atoms with Gasteiger partial charge in [-0.15, -0.1) is 0 Å². The number of aromatic nitrogens is 2. The van der Waals surface area contributed by atoms with Crippen molar-refractivity contribution in [2.45, 2.75) is 76.7 Å². The maximum atomic E-state index is 6.56. The standard InChI is InChI=1S/C26H34N6O2/c1-4-28-23-13-19(32-15-21-9-10-22(16-32)33-21)14-24(26(23)27-3)34-20-7-5-18(6-8-20)31-25-11-12-29-17(2)30-25/h4,11-14,18,20-22H,3,5-10,15-16H2,1-2H3,(H,29,30,31)/b28-4-/t18-,20+,21?,22?. The van der Waals surface area contributed by atoms with E-state index < -0.39 is 0 Å². The second-order valence-electron chi connectivity index (χ2n) is 9.44. The molecule has 1 aromatic carbocycles. The third-order valence-electron chi connectivity index (χ3n) is 6.97. The summed E-state index contributed by atoms with van der Waals surface area (Å²) in [6, 6.07) is 6.54. The van der Waals surface area contributed by atoms with Crippen LogP contribution < -0.4 is 15.0 Å². The molecule has 8 nitrogen and oxygen atoms in total. The number of hydrogen-bond acceptors (Lipinski definition) is 8. The number of morpholine rings is 1. The Kier molecular flexibility index (Phi) is 6.76. The van der Waals surface area contributed by atoms with Gasteiger partial charge in [-0.1, -0.05) is 0 Å². The molecular weight excluding hydrogens is 428 g/mol. The van der Waals surface area contributed by atoms with E-state index in [2.05, 4.69) is 49.0 Å². The molecule has 1 saturated carbocycles. The highest BCUT2D eigenvalue weighted by Gasteiger charge is 2.34. The number of aliphatic imine (C=N–C) groups is 2. The predicted molar refractivity (Wildman–Crippen MR) is 137 cm³/mol. The second-order valence-corrected chi connectivity index (χ2v) is 9.44. The lowest BCUT2D eigenvalue weighted by atomic mass is 9.93. The first-order valence-electron chi connectivity index (χ1n) is 12.4. The van der Waals surface area contributed by atoms with E-state index in [0.717, 1.165) is 86.1 Å². The number of benzene rings is 1. The molecule has 1 aromatic heterocycles. The van der Waals surface area contributed by atoms with Gasteiger partial charge in [-0.25, -0.2) is 9.97 Å². The van der Waals surface area contributed by atoms with Gasteiger partial charge in [-0.05, 0) is 71.2 Å². The molecule has 2 saturated heterocycles. The van der Waals surface area contributed by atoms with Crippen LogP contribution in [0.4, 0.5) is 22.9 Å². The maximum absolute atomic E-state index is 6.56. The fourth-order valence-corrected chi connectivity index (χ4v) is 5.32. The van der Waals surface area contributed by atoms with Gasteiger partial charge in [0.15, 0.2) is 0 Å². The Hall–Kier alpha value is -3.00. The van der Waals surface area contributed by atoms with E-state index in [-0.39, 0.29) is 6.10 Å². The van der Waals surface area contributed by atoms with Crippen LogP contribution in [0.25, 0.3) is 0 Å². The van der Waals surface area contributed by atoms with Crippen molar-refractivity contribution in [3.05, 3.63) is 30.2 Å². The van der Waals surface area contributed by atoms with Crippen molar-refractivity contribution in [2.24, 2.45) is 9.98 Å². The molecule has 2 atom stereocenters. The van der Waals surface area contributed by atoms with Crippen molar-refractivity contribution >= 4 is 35.8 Å². The Labute approximate surface area is 201 Å². The van der Waals surface area contributed by atoms with Gasteiger partial charge >= 0.3 is 0 Å². The smallest absolute Gasteiger partial charge is 0.149 e. The van der Waals surface area contributed by atoms with Gasteiger partial charge in [0, 0.05) is 43.3 Å². The first-order chi connectivity index (χ1) is 16.6. The van der Waals surface area contributed by atoms with Gasteiger partial charge in [0.05, 0.1) is 24.0 Å². The highest BCUT2D eigenvalue weighted by molar-refractivity contribution is 5.80. The van der Waals surface area contributed by atoms with Crippen LogP contribution in [-0.4, -0.2) is 60.3 Å². The number of ether oxygens (including phenoxy) is 2. The molecule has 0 amide bonds. The lowest BCUT2D eigenvalue weighted by molar-refractivity contribution is 0.0304. The molecule has 3 fully saturated rings. The minimum Gasteiger partial charge on any atom is -0.488 e. The zero-order valence-corrected chi connectivity index (χ0v) is 20.1. The average Bonchev–Trinajstić information content (AvgIpc) is 3.17. The Morgan fingerprint density at radius 3 is 2.59 bits per heavy atom. The molecule has 1 aliphatic carbocycles. The van der Waals surface area contributed by atoms with E-state index in [0.29, 0.717) is 18.2 Å². The summed E-state index contributed by atoms with van der Waals surface area (Å²) in [4.78, 5) is 19.9. The Bertz CT molecular complexity index is 1040. The zero-order chi connectivity index (χ0) is 23.5. The molecule has 180 valence electrons. The number of hydrogen-bond donors (Lipinski definition) is 1. The van der Waals surface area contributed by atoms with Crippen molar-refractivity contribution in [3.8, 4) is 5.75 Å². The van der Waals surface area contributed by atoms with Gasteiger partial charge < -0.3 is 19.7 Å². The quantitative estimate of drug-likeness (QED) is 0.583. The van der Waals surface area contributed by atoms with Crippen LogP contribution in [0.15, 0.2) is 34.4 Å². The SMILES string of the molecule is C=Nc1c(/N=C\C)cc(N2CC3CCC(C2)O3)cc1O[C@H]1CC[C@@H](Nc2ccnc(C)n2)CC1. The molecular formula is C26H34N6O2. The molecule has 0 radical (unpaired) electrons. The monoisotopic (exact) mass is 462 g/mol. The lowest BCUT2D eigenvalue weighted by Gasteiger charge is -2.35. The summed E-state index contributed by atoms with van der Waals surface area (Å²) in [5, 5.41) is 3.55. The van der Waals surface area contributed by atoms with Crippen LogP contribution in [-0.2, 0) is 4.74 Å². The minimum atomic E-state index is 0.139. The summed E-state index contributed by atoms with van der Waals surface area (Å²) in [5.41, 5.74) is 2.64. The molecule has 3 heterocycles. The Balaban J connectivity index is 1.29. The van der Waals surface area contributed by atoms with Crippen molar-refractivity contribution in [2.75, 3.05) is 23.3 Å². The summed E-state index contributed by atoms with van der Waals surface area (Å²) in [5.74, 6) is 2.45. The van der Waals surface area contributed by atoms with Crippen molar-refractivity contribution in [1.29, 1.82) is 0 Å². The Morgan fingerprint density at radius 1 is 1.15 bits per heavy atom. The largest absolute Gasteiger partial charge is 0.488 e. The van der Waals surface area contributed by atoms with Crippen LogP contribution in [0.1, 0.15) is 51.3 Å². The molecule has 3 aliphatic rings. The zero-order valence-electron chi connectivity index (χ0n) is 20.1. The van der Waals surface area contributed by atoms with E-state index in [4.69, 9.17) is 9.47 Å². The van der Waals surface area contributed by atoms with E-state index in [1.807, 2.05) is 19.9 Å². The molecule has 2 bridgehead atoms. The summed E-state index contributed by atoms with van der Waals surface area (Å²) in [6.07, 6.45) is 10.6. The third-order valence-corrected chi connectivity index (χ3v) is 6.97. The fraction of sp³-hybridized carbons (Fsp3) is 0.538. The van der Waals surface area contributed by atoms with Crippen LogP contribution in [0, 0.1) is 6.92 Å². The minimum absolute atomic E-state index is 0.139.